The van der Waals surface area contributed by atoms with Crippen LogP contribution in [-0.4, -0.2) is 35.8 Å². The first kappa shape index (κ1) is 13.7. The lowest BCUT2D eigenvalue weighted by atomic mass is 10.3. The summed E-state index contributed by atoms with van der Waals surface area (Å²) in [7, 11) is 0. The van der Waals surface area contributed by atoms with E-state index in [1.807, 2.05) is 5.38 Å². The third-order valence-electron chi connectivity index (χ3n) is 3.25. The molecule has 0 amide bonds. The van der Waals surface area contributed by atoms with Gasteiger partial charge in [0.1, 0.15) is 17.3 Å². The maximum Gasteiger partial charge on any atom is 0.158 e. The van der Waals surface area contributed by atoms with Gasteiger partial charge in [-0.25, -0.2) is 9.97 Å². The van der Waals surface area contributed by atoms with Crippen LogP contribution in [0.4, 0.5) is 5.82 Å². The summed E-state index contributed by atoms with van der Waals surface area (Å²) in [6.07, 6.45) is 2.22. The summed E-state index contributed by atoms with van der Waals surface area (Å²) in [4.78, 5) is 10.2. The van der Waals surface area contributed by atoms with Crippen molar-refractivity contribution in [3.05, 3.63) is 17.3 Å². The quantitative estimate of drug-likeness (QED) is 0.887. The van der Waals surface area contributed by atoms with Crippen LogP contribution < -0.4 is 5.32 Å². The second kappa shape index (κ2) is 6.47. The summed E-state index contributed by atoms with van der Waals surface area (Å²) >= 11 is 1.64. The van der Waals surface area contributed by atoms with E-state index >= 15 is 0 Å². The number of anilines is 1. The number of aromatic nitrogens is 2. The Labute approximate surface area is 122 Å². The molecule has 20 heavy (non-hydrogen) atoms. The maximum absolute atomic E-state index is 5.80. The van der Waals surface area contributed by atoms with Crippen molar-refractivity contribution in [1.29, 1.82) is 0 Å². The minimum atomic E-state index is 0.185. The van der Waals surface area contributed by atoms with Gasteiger partial charge in [0.25, 0.3) is 0 Å². The fourth-order valence-corrected chi connectivity index (χ4v) is 2.96. The zero-order valence-electron chi connectivity index (χ0n) is 11.6. The van der Waals surface area contributed by atoms with Gasteiger partial charge in [-0.05, 0) is 24.3 Å². The van der Waals surface area contributed by atoms with Crippen molar-refractivity contribution < 1.29 is 9.47 Å². The summed E-state index contributed by atoms with van der Waals surface area (Å²) in [5.41, 5.74) is 0. The average Bonchev–Trinajstić information content (AvgIpc) is 3.13. The van der Waals surface area contributed by atoms with Crippen LogP contribution in [0.1, 0.15) is 25.6 Å². The van der Waals surface area contributed by atoms with Gasteiger partial charge in [-0.1, -0.05) is 6.92 Å². The van der Waals surface area contributed by atoms with Crippen LogP contribution in [0.25, 0.3) is 10.2 Å². The van der Waals surface area contributed by atoms with E-state index in [2.05, 4.69) is 28.3 Å². The highest BCUT2D eigenvalue weighted by Crippen LogP contribution is 2.25. The molecule has 0 saturated carbocycles. The minimum Gasteiger partial charge on any atom is -0.379 e. The molecule has 6 heteroatoms. The van der Waals surface area contributed by atoms with Crippen molar-refractivity contribution in [2.24, 2.45) is 0 Å². The van der Waals surface area contributed by atoms with E-state index in [9.17, 15) is 0 Å². The molecule has 108 valence electrons. The summed E-state index contributed by atoms with van der Waals surface area (Å²) in [6.45, 7) is 4.98. The van der Waals surface area contributed by atoms with Gasteiger partial charge < -0.3 is 14.8 Å². The monoisotopic (exact) mass is 293 g/mol. The Morgan fingerprint density at radius 3 is 3.25 bits per heavy atom. The highest BCUT2D eigenvalue weighted by atomic mass is 32.1. The van der Waals surface area contributed by atoms with Crippen molar-refractivity contribution in [3.8, 4) is 0 Å². The predicted molar refractivity (Wildman–Crippen MR) is 80.2 cm³/mol. The number of nitrogens with zero attached hydrogens (tertiary/aromatic N) is 2. The summed E-state index contributed by atoms with van der Waals surface area (Å²) in [5, 5.41) is 6.51. The van der Waals surface area contributed by atoms with Crippen LogP contribution in [0, 0.1) is 0 Å². The number of thiophene rings is 1. The van der Waals surface area contributed by atoms with Gasteiger partial charge in [-0.15, -0.1) is 11.3 Å². The molecule has 0 aromatic carbocycles. The van der Waals surface area contributed by atoms with E-state index in [0.29, 0.717) is 13.2 Å². The van der Waals surface area contributed by atoms with Crippen LogP contribution in [0.2, 0.25) is 0 Å². The zero-order valence-corrected chi connectivity index (χ0v) is 12.4. The van der Waals surface area contributed by atoms with Crippen LogP contribution in [0.5, 0.6) is 0 Å². The predicted octanol–water partition coefficient (Wildman–Crippen LogP) is 2.82. The third-order valence-corrected chi connectivity index (χ3v) is 4.06. The normalized spacial score (nSPS) is 18.8. The average molecular weight is 293 g/mol. The van der Waals surface area contributed by atoms with E-state index in [1.54, 1.807) is 11.3 Å². The molecule has 0 bridgehead atoms. The summed E-state index contributed by atoms with van der Waals surface area (Å²) < 4.78 is 11.1. The molecule has 1 unspecified atom stereocenters. The van der Waals surface area contributed by atoms with E-state index in [1.165, 1.54) is 0 Å². The minimum absolute atomic E-state index is 0.185. The number of fused-ring (bicyclic) bond motifs is 1. The molecule has 3 heterocycles. The first-order valence-electron chi connectivity index (χ1n) is 7.04. The molecule has 1 saturated heterocycles. The van der Waals surface area contributed by atoms with Crippen molar-refractivity contribution in [2.75, 3.05) is 25.1 Å². The molecule has 1 atom stereocenters. The zero-order chi connectivity index (χ0) is 13.8. The van der Waals surface area contributed by atoms with Crippen molar-refractivity contribution >= 4 is 27.4 Å². The van der Waals surface area contributed by atoms with Gasteiger partial charge in [0, 0.05) is 13.2 Å². The molecule has 0 spiro atoms. The van der Waals surface area contributed by atoms with Crippen LogP contribution in [0.15, 0.2) is 11.4 Å². The van der Waals surface area contributed by atoms with Crippen LogP contribution in [0.3, 0.4) is 0 Å². The fraction of sp³-hybridized carbons (Fsp3) is 0.571. The van der Waals surface area contributed by atoms with Crippen LogP contribution >= 0.6 is 11.3 Å². The lowest BCUT2D eigenvalue weighted by molar-refractivity contribution is 0.0286. The molecule has 0 radical (unpaired) electrons. The lowest BCUT2D eigenvalue weighted by Crippen LogP contribution is -2.14. The molecule has 3 rings (SSSR count). The maximum atomic E-state index is 5.80. The Balaban J connectivity index is 1.75. The molecule has 2 aromatic heterocycles. The molecule has 1 aliphatic rings. The Hall–Kier alpha value is -1.24. The van der Waals surface area contributed by atoms with Gasteiger partial charge in [-0.3, -0.25) is 0 Å². The van der Waals surface area contributed by atoms with Gasteiger partial charge in [0.05, 0.1) is 18.1 Å². The van der Waals surface area contributed by atoms with Crippen LogP contribution in [-0.2, 0) is 16.1 Å². The Morgan fingerprint density at radius 2 is 2.45 bits per heavy atom. The van der Waals surface area contributed by atoms with Crippen molar-refractivity contribution in [3.63, 3.8) is 0 Å². The van der Waals surface area contributed by atoms with Crippen molar-refractivity contribution in [1.82, 2.24) is 9.97 Å². The van der Waals surface area contributed by atoms with Gasteiger partial charge >= 0.3 is 0 Å². The van der Waals surface area contributed by atoms with E-state index < -0.39 is 0 Å². The molecule has 1 aliphatic heterocycles. The molecule has 1 N–H and O–H groups in total. The highest BCUT2D eigenvalue weighted by molar-refractivity contribution is 7.16. The summed E-state index contributed by atoms with van der Waals surface area (Å²) in [6, 6.07) is 2.06. The van der Waals surface area contributed by atoms with Gasteiger partial charge in [-0.2, -0.15) is 0 Å². The van der Waals surface area contributed by atoms with E-state index in [0.717, 1.165) is 47.9 Å². The first-order chi connectivity index (χ1) is 9.86. The smallest absolute Gasteiger partial charge is 0.158 e. The highest BCUT2D eigenvalue weighted by Gasteiger charge is 2.17. The Morgan fingerprint density at radius 1 is 1.50 bits per heavy atom. The second-order valence-corrected chi connectivity index (χ2v) is 5.75. The third kappa shape index (κ3) is 3.08. The number of rotatable bonds is 6. The first-order valence-corrected chi connectivity index (χ1v) is 7.92. The standard InChI is InChI=1S/C14H19N3O2S/c1-2-5-15-13-11-4-7-20-14(11)17-12(16-13)9-19-10-3-6-18-8-10/h4,7,10H,2-3,5-6,8-9H2,1H3,(H,15,16,17). The molecule has 2 aromatic rings. The fourth-order valence-electron chi connectivity index (χ4n) is 2.18. The largest absolute Gasteiger partial charge is 0.379 e. The Bertz CT molecular complexity index is 567. The number of nitrogens with one attached hydrogen (secondary N) is 1. The molecule has 0 aliphatic carbocycles. The molecule has 1 fully saturated rings. The van der Waals surface area contributed by atoms with E-state index in [4.69, 9.17) is 9.47 Å². The van der Waals surface area contributed by atoms with E-state index in [-0.39, 0.29) is 6.10 Å². The van der Waals surface area contributed by atoms with Crippen molar-refractivity contribution in [2.45, 2.75) is 32.5 Å². The van der Waals surface area contributed by atoms with Gasteiger partial charge in [0.2, 0.25) is 0 Å². The SMILES string of the molecule is CCCNc1nc(COC2CCOC2)nc2sccc12. The molecular formula is C14H19N3O2S. The molecule has 5 nitrogen and oxygen atoms in total. The number of hydrogen-bond donors (Lipinski definition) is 1. The number of ether oxygens (including phenoxy) is 2. The van der Waals surface area contributed by atoms with Gasteiger partial charge in [0.15, 0.2) is 5.82 Å². The topological polar surface area (TPSA) is 56.3 Å². The summed E-state index contributed by atoms with van der Waals surface area (Å²) in [5.74, 6) is 1.66. The Kier molecular flexibility index (Phi) is 4.44. The second-order valence-electron chi connectivity index (χ2n) is 4.85. The molecular weight excluding hydrogens is 274 g/mol. The lowest BCUT2D eigenvalue weighted by Gasteiger charge is -2.11. The number of hydrogen-bond acceptors (Lipinski definition) is 6.